The quantitative estimate of drug-likeness (QED) is 0.735. The summed E-state index contributed by atoms with van der Waals surface area (Å²) >= 11 is 0. The standard InChI is InChI=1S/C9H7FN4/c10-7-4-12-2-1-6(7)8-3-9(11)14-5-13-8/h1-5H,(H2,11,13,14). The molecule has 0 fully saturated rings. The van der Waals surface area contributed by atoms with Crippen LogP contribution in [0.4, 0.5) is 10.2 Å². The van der Waals surface area contributed by atoms with E-state index >= 15 is 0 Å². The average molecular weight is 190 g/mol. The Morgan fingerprint density at radius 3 is 2.86 bits per heavy atom. The molecule has 0 aliphatic heterocycles. The summed E-state index contributed by atoms with van der Waals surface area (Å²) < 4.78 is 13.2. The Hall–Kier alpha value is -2.04. The van der Waals surface area contributed by atoms with Gasteiger partial charge in [0, 0.05) is 17.8 Å². The van der Waals surface area contributed by atoms with Crippen LogP contribution in [0.25, 0.3) is 11.3 Å². The first-order chi connectivity index (χ1) is 6.77. The highest BCUT2D eigenvalue weighted by molar-refractivity contribution is 5.61. The second kappa shape index (κ2) is 3.37. The Morgan fingerprint density at radius 2 is 2.14 bits per heavy atom. The van der Waals surface area contributed by atoms with Gasteiger partial charge in [-0.1, -0.05) is 0 Å². The second-order valence-corrected chi connectivity index (χ2v) is 2.68. The van der Waals surface area contributed by atoms with Crippen LogP contribution in [0.5, 0.6) is 0 Å². The summed E-state index contributed by atoms with van der Waals surface area (Å²) in [5.74, 6) is -0.114. The zero-order valence-electron chi connectivity index (χ0n) is 7.18. The molecule has 2 rings (SSSR count). The summed E-state index contributed by atoms with van der Waals surface area (Å²) in [6.45, 7) is 0. The van der Waals surface area contributed by atoms with E-state index in [0.717, 1.165) is 6.20 Å². The monoisotopic (exact) mass is 190 g/mol. The zero-order valence-corrected chi connectivity index (χ0v) is 7.18. The van der Waals surface area contributed by atoms with Crippen molar-refractivity contribution in [3.05, 3.63) is 36.7 Å². The lowest BCUT2D eigenvalue weighted by molar-refractivity contribution is 0.624. The average Bonchev–Trinajstić information content (AvgIpc) is 2.18. The van der Waals surface area contributed by atoms with Crippen LogP contribution in [0.2, 0.25) is 0 Å². The van der Waals surface area contributed by atoms with Gasteiger partial charge in [-0.25, -0.2) is 14.4 Å². The highest BCUT2D eigenvalue weighted by atomic mass is 19.1. The van der Waals surface area contributed by atoms with E-state index < -0.39 is 5.82 Å². The van der Waals surface area contributed by atoms with E-state index in [2.05, 4.69) is 15.0 Å². The topological polar surface area (TPSA) is 64.7 Å². The van der Waals surface area contributed by atoms with E-state index in [-0.39, 0.29) is 0 Å². The van der Waals surface area contributed by atoms with Crippen LogP contribution in [-0.4, -0.2) is 15.0 Å². The zero-order chi connectivity index (χ0) is 9.97. The van der Waals surface area contributed by atoms with E-state index in [1.165, 1.54) is 24.7 Å². The molecule has 5 heteroatoms. The van der Waals surface area contributed by atoms with E-state index in [4.69, 9.17) is 5.73 Å². The molecule has 4 nitrogen and oxygen atoms in total. The van der Waals surface area contributed by atoms with Crippen molar-refractivity contribution < 1.29 is 4.39 Å². The van der Waals surface area contributed by atoms with Crippen molar-refractivity contribution in [3.8, 4) is 11.3 Å². The number of aromatic nitrogens is 3. The highest BCUT2D eigenvalue weighted by Gasteiger charge is 2.05. The van der Waals surface area contributed by atoms with E-state index in [1.807, 2.05) is 0 Å². The minimum absolute atomic E-state index is 0.311. The van der Waals surface area contributed by atoms with Crippen molar-refractivity contribution in [2.75, 3.05) is 5.73 Å². The summed E-state index contributed by atoms with van der Waals surface area (Å²) in [5, 5.41) is 0. The molecule has 0 saturated carbocycles. The number of nitrogens with zero attached hydrogens (tertiary/aromatic N) is 3. The van der Waals surface area contributed by atoms with Gasteiger partial charge >= 0.3 is 0 Å². The molecular formula is C9H7FN4. The van der Waals surface area contributed by atoms with Gasteiger partial charge in [0.05, 0.1) is 11.9 Å². The molecule has 0 aliphatic rings. The Balaban J connectivity index is 2.55. The number of anilines is 1. The van der Waals surface area contributed by atoms with Crippen LogP contribution >= 0.6 is 0 Å². The maximum atomic E-state index is 13.2. The molecule has 0 saturated heterocycles. The number of halogens is 1. The third-order valence-electron chi connectivity index (χ3n) is 1.74. The van der Waals surface area contributed by atoms with Crippen LogP contribution in [0.1, 0.15) is 0 Å². The SMILES string of the molecule is Nc1cc(-c2ccncc2F)ncn1. The smallest absolute Gasteiger partial charge is 0.150 e. The molecule has 2 aromatic heterocycles. The molecule has 0 radical (unpaired) electrons. The third kappa shape index (κ3) is 1.52. The minimum Gasteiger partial charge on any atom is -0.384 e. The molecule has 14 heavy (non-hydrogen) atoms. The van der Waals surface area contributed by atoms with Crippen molar-refractivity contribution >= 4 is 5.82 Å². The van der Waals surface area contributed by atoms with Crippen LogP contribution < -0.4 is 5.73 Å². The molecule has 0 aliphatic carbocycles. The lowest BCUT2D eigenvalue weighted by Crippen LogP contribution is -1.94. The number of hydrogen-bond donors (Lipinski definition) is 1. The minimum atomic E-state index is -0.425. The first-order valence-corrected chi connectivity index (χ1v) is 3.95. The second-order valence-electron chi connectivity index (χ2n) is 2.68. The molecule has 0 amide bonds. The van der Waals surface area contributed by atoms with Crippen molar-refractivity contribution in [2.45, 2.75) is 0 Å². The Bertz CT molecular complexity index is 458. The number of hydrogen-bond acceptors (Lipinski definition) is 4. The Morgan fingerprint density at radius 1 is 1.29 bits per heavy atom. The molecule has 0 spiro atoms. The molecule has 70 valence electrons. The Kier molecular flexibility index (Phi) is 2.06. The third-order valence-corrected chi connectivity index (χ3v) is 1.74. The van der Waals surface area contributed by atoms with Gasteiger partial charge in [0.2, 0.25) is 0 Å². The van der Waals surface area contributed by atoms with Gasteiger partial charge in [0.15, 0.2) is 5.82 Å². The van der Waals surface area contributed by atoms with E-state index in [1.54, 1.807) is 0 Å². The lowest BCUT2D eigenvalue weighted by atomic mass is 10.2. The van der Waals surface area contributed by atoms with Gasteiger partial charge in [0.25, 0.3) is 0 Å². The number of rotatable bonds is 1. The molecule has 2 N–H and O–H groups in total. The maximum Gasteiger partial charge on any atom is 0.150 e. The molecule has 2 aromatic rings. The van der Waals surface area contributed by atoms with Crippen LogP contribution in [0, 0.1) is 5.82 Å². The van der Waals surface area contributed by atoms with E-state index in [0.29, 0.717) is 17.1 Å². The first kappa shape index (κ1) is 8.55. The summed E-state index contributed by atoms with van der Waals surface area (Å²) in [4.78, 5) is 11.3. The predicted molar refractivity (Wildman–Crippen MR) is 49.6 cm³/mol. The Labute approximate surface area is 79.7 Å². The summed E-state index contributed by atoms with van der Waals surface area (Å²) in [7, 11) is 0. The van der Waals surface area contributed by atoms with Gasteiger partial charge in [0.1, 0.15) is 12.1 Å². The summed E-state index contributed by atoms with van der Waals surface area (Å²) in [5.41, 5.74) is 6.28. The maximum absolute atomic E-state index is 13.2. The summed E-state index contributed by atoms with van der Waals surface area (Å²) in [6, 6.07) is 3.05. The molecule has 0 atom stereocenters. The fourth-order valence-electron chi connectivity index (χ4n) is 1.10. The normalized spacial score (nSPS) is 10.1. The van der Waals surface area contributed by atoms with Crippen molar-refractivity contribution in [1.29, 1.82) is 0 Å². The molecule has 0 aromatic carbocycles. The van der Waals surface area contributed by atoms with Crippen molar-refractivity contribution in [1.82, 2.24) is 15.0 Å². The van der Waals surface area contributed by atoms with Crippen molar-refractivity contribution in [2.24, 2.45) is 0 Å². The fourth-order valence-corrected chi connectivity index (χ4v) is 1.10. The largest absolute Gasteiger partial charge is 0.384 e. The lowest BCUT2D eigenvalue weighted by Gasteiger charge is -2.01. The van der Waals surface area contributed by atoms with Gasteiger partial charge < -0.3 is 5.73 Å². The van der Waals surface area contributed by atoms with Crippen molar-refractivity contribution in [3.63, 3.8) is 0 Å². The number of pyridine rings is 1. The van der Waals surface area contributed by atoms with Gasteiger partial charge in [-0.3, -0.25) is 4.98 Å². The number of nitrogens with two attached hydrogens (primary N) is 1. The molecule has 0 bridgehead atoms. The molecule has 2 heterocycles. The van der Waals surface area contributed by atoms with Gasteiger partial charge in [-0.05, 0) is 6.07 Å². The molecular weight excluding hydrogens is 183 g/mol. The van der Waals surface area contributed by atoms with Crippen LogP contribution in [-0.2, 0) is 0 Å². The number of nitrogen functional groups attached to an aromatic ring is 1. The first-order valence-electron chi connectivity index (χ1n) is 3.95. The van der Waals surface area contributed by atoms with E-state index in [9.17, 15) is 4.39 Å². The molecule has 0 unspecified atom stereocenters. The summed E-state index contributed by atoms with van der Waals surface area (Å²) in [6.07, 6.45) is 3.93. The van der Waals surface area contributed by atoms with Crippen LogP contribution in [0.15, 0.2) is 30.9 Å². The highest BCUT2D eigenvalue weighted by Crippen LogP contribution is 2.19. The predicted octanol–water partition coefficient (Wildman–Crippen LogP) is 1.26. The van der Waals surface area contributed by atoms with Gasteiger partial charge in [-0.15, -0.1) is 0 Å². The fraction of sp³-hybridized carbons (Fsp3) is 0. The van der Waals surface area contributed by atoms with Crippen LogP contribution in [0.3, 0.4) is 0 Å². The van der Waals surface area contributed by atoms with Gasteiger partial charge in [-0.2, -0.15) is 0 Å².